The minimum absolute atomic E-state index is 0.572. The molecular formula is C19H39N5. The molecule has 140 valence electrons. The number of nitrogens with zero attached hydrogens (tertiary/aromatic N) is 3. The van der Waals surface area contributed by atoms with Crippen LogP contribution in [-0.2, 0) is 0 Å². The SMILES string of the molecule is CCCN1CCC(NC(=NC)NCC2CCCN(C(C)C)C2)CC1. The van der Waals surface area contributed by atoms with E-state index in [0.717, 1.165) is 18.4 Å². The van der Waals surface area contributed by atoms with Crippen molar-refractivity contribution in [3.05, 3.63) is 0 Å². The molecule has 2 fully saturated rings. The molecule has 0 aromatic heterocycles. The van der Waals surface area contributed by atoms with Crippen LogP contribution in [0.4, 0.5) is 0 Å². The molecule has 0 radical (unpaired) electrons. The van der Waals surface area contributed by atoms with E-state index in [9.17, 15) is 0 Å². The summed E-state index contributed by atoms with van der Waals surface area (Å²) >= 11 is 0. The second-order valence-corrected chi connectivity index (χ2v) is 7.81. The Balaban J connectivity index is 1.69. The standard InChI is InChI=1S/C19H39N5/c1-5-10-23-12-8-18(9-13-23)22-19(20-4)21-14-17-7-6-11-24(15-17)16(2)3/h16-18H,5-15H2,1-4H3,(H2,20,21,22). The topological polar surface area (TPSA) is 42.9 Å². The highest BCUT2D eigenvalue weighted by Gasteiger charge is 2.23. The fourth-order valence-corrected chi connectivity index (χ4v) is 3.98. The van der Waals surface area contributed by atoms with Gasteiger partial charge in [-0.1, -0.05) is 6.92 Å². The van der Waals surface area contributed by atoms with Crippen LogP contribution in [0.3, 0.4) is 0 Å². The smallest absolute Gasteiger partial charge is 0.191 e. The molecule has 0 saturated carbocycles. The predicted octanol–water partition coefficient (Wildman–Crippen LogP) is 2.15. The van der Waals surface area contributed by atoms with Gasteiger partial charge < -0.3 is 20.4 Å². The molecule has 1 atom stereocenters. The maximum absolute atomic E-state index is 4.44. The van der Waals surface area contributed by atoms with E-state index in [-0.39, 0.29) is 0 Å². The van der Waals surface area contributed by atoms with Crippen molar-refractivity contribution in [1.82, 2.24) is 20.4 Å². The predicted molar refractivity (Wildman–Crippen MR) is 104 cm³/mol. The molecule has 2 N–H and O–H groups in total. The lowest BCUT2D eigenvalue weighted by atomic mass is 9.97. The van der Waals surface area contributed by atoms with Crippen molar-refractivity contribution >= 4 is 5.96 Å². The zero-order chi connectivity index (χ0) is 17.4. The average molecular weight is 338 g/mol. The lowest BCUT2D eigenvalue weighted by Crippen LogP contribution is -2.50. The first-order valence-electron chi connectivity index (χ1n) is 10.1. The number of aliphatic imine (C=N–C) groups is 1. The van der Waals surface area contributed by atoms with Gasteiger partial charge in [0.05, 0.1) is 0 Å². The van der Waals surface area contributed by atoms with Crippen LogP contribution in [0.2, 0.25) is 0 Å². The molecular weight excluding hydrogens is 298 g/mol. The second-order valence-electron chi connectivity index (χ2n) is 7.81. The van der Waals surface area contributed by atoms with E-state index in [0.29, 0.717) is 12.1 Å². The van der Waals surface area contributed by atoms with Crippen molar-refractivity contribution in [3.8, 4) is 0 Å². The van der Waals surface area contributed by atoms with E-state index < -0.39 is 0 Å². The van der Waals surface area contributed by atoms with Gasteiger partial charge >= 0.3 is 0 Å². The van der Waals surface area contributed by atoms with E-state index in [1.54, 1.807) is 0 Å². The molecule has 0 aliphatic carbocycles. The van der Waals surface area contributed by atoms with Crippen LogP contribution in [0.25, 0.3) is 0 Å². The third-order valence-corrected chi connectivity index (χ3v) is 5.53. The summed E-state index contributed by atoms with van der Waals surface area (Å²) in [6.45, 7) is 14.1. The summed E-state index contributed by atoms with van der Waals surface area (Å²) in [5, 5.41) is 7.22. The fourth-order valence-electron chi connectivity index (χ4n) is 3.98. The molecule has 5 heteroatoms. The summed E-state index contributed by atoms with van der Waals surface area (Å²) in [5.74, 6) is 1.73. The Morgan fingerprint density at radius 1 is 1.17 bits per heavy atom. The van der Waals surface area contributed by atoms with Gasteiger partial charge in [-0.15, -0.1) is 0 Å². The van der Waals surface area contributed by atoms with Gasteiger partial charge in [0.2, 0.25) is 0 Å². The minimum Gasteiger partial charge on any atom is -0.356 e. The molecule has 0 aromatic carbocycles. The largest absolute Gasteiger partial charge is 0.356 e. The molecule has 2 heterocycles. The van der Waals surface area contributed by atoms with Crippen LogP contribution >= 0.6 is 0 Å². The van der Waals surface area contributed by atoms with Gasteiger partial charge in [-0.25, -0.2) is 0 Å². The van der Waals surface area contributed by atoms with Crippen molar-refractivity contribution < 1.29 is 0 Å². The minimum atomic E-state index is 0.572. The molecule has 5 nitrogen and oxygen atoms in total. The summed E-state index contributed by atoms with van der Waals surface area (Å²) in [6.07, 6.45) is 6.38. The number of piperidine rings is 2. The van der Waals surface area contributed by atoms with Crippen molar-refractivity contribution in [3.63, 3.8) is 0 Å². The zero-order valence-corrected chi connectivity index (χ0v) is 16.4. The van der Waals surface area contributed by atoms with Crippen LogP contribution in [0.1, 0.15) is 52.9 Å². The first-order chi connectivity index (χ1) is 11.6. The number of hydrogen-bond donors (Lipinski definition) is 2. The molecule has 2 rings (SSSR count). The Bertz CT molecular complexity index is 374. The highest BCUT2D eigenvalue weighted by molar-refractivity contribution is 5.79. The molecule has 24 heavy (non-hydrogen) atoms. The molecule has 2 aliphatic heterocycles. The van der Waals surface area contributed by atoms with E-state index in [4.69, 9.17) is 0 Å². The van der Waals surface area contributed by atoms with E-state index in [1.165, 1.54) is 64.8 Å². The van der Waals surface area contributed by atoms with Crippen molar-refractivity contribution in [2.45, 2.75) is 65.0 Å². The van der Waals surface area contributed by atoms with Gasteiger partial charge in [-0.2, -0.15) is 0 Å². The van der Waals surface area contributed by atoms with Crippen molar-refractivity contribution in [2.75, 3.05) is 46.3 Å². The van der Waals surface area contributed by atoms with Crippen molar-refractivity contribution in [1.29, 1.82) is 0 Å². The Morgan fingerprint density at radius 2 is 1.92 bits per heavy atom. The third kappa shape index (κ3) is 6.25. The van der Waals surface area contributed by atoms with Gasteiger partial charge in [0.25, 0.3) is 0 Å². The number of nitrogens with one attached hydrogen (secondary N) is 2. The van der Waals surface area contributed by atoms with Crippen LogP contribution in [0, 0.1) is 5.92 Å². The molecule has 0 bridgehead atoms. The Hall–Kier alpha value is -0.810. The number of rotatable bonds is 6. The normalized spacial score (nSPS) is 25.2. The monoisotopic (exact) mass is 337 g/mol. The maximum Gasteiger partial charge on any atom is 0.191 e. The Labute approximate surface area is 149 Å². The lowest BCUT2D eigenvalue weighted by molar-refractivity contribution is 0.141. The number of likely N-dealkylation sites (tertiary alicyclic amines) is 2. The molecule has 1 unspecified atom stereocenters. The van der Waals surface area contributed by atoms with Crippen LogP contribution < -0.4 is 10.6 Å². The Morgan fingerprint density at radius 3 is 2.54 bits per heavy atom. The highest BCUT2D eigenvalue weighted by Crippen LogP contribution is 2.17. The van der Waals surface area contributed by atoms with E-state index in [1.807, 2.05) is 7.05 Å². The van der Waals surface area contributed by atoms with E-state index >= 15 is 0 Å². The van der Waals surface area contributed by atoms with E-state index in [2.05, 4.69) is 46.2 Å². The maximum atomic E-state index is 4.44. The summed E-state index contributed by atoms with van der Waals surface area (Å²) in [7, 11) is 1.89. The summed E-state index contributed by atoms with van der Waals surface area (Å²) in [5.41, 5.74) is 0. The van der Waals surface area contributed by atoms with Crippen molar-refractivity contribution in [2.24, 2.45) is 10.9 Å². The van der Waals surface area contributed by atoms with Crippen LogP contribution in [-0.4, -0.2) is 74.2 Å². The van der Waals surface area contributed by atoms with Gasteiger partial charge in [0.1, 0.15) is 0 Å². The summed E-state index contributed by atoms with van der Waals surface area (Å²) < 4.78 is 0. The number of guanidine groups is 1. The third-order valence-electron chi connectivity index (χ3n) is 5.53. The molecule has 0 aromatic rings. The van der Waals surface area contributed by atoms with Gasteiger partial charge in [-0.05, 0) is 65.0 Å². The van der Waals surface area contributed by atoms with Gasteiger partial charge in [0.15, 0.2) is 5.96 Å². The molecule has 2 saturated heterocycles. The first kappa shape index (κ1) is 19.5. The summed E-state index contributed by atoms with van der Waals surface area (Å²) in [6, 6.07) is 1.24. The second kappa shape index (κ2) is 10.2. The average Bonchev–Trinajstić information content (AvgIpc) is 2.60. The van der Waals surface area contributed by atoms with Gasteiger partial charge in [-0.3, -0.25) is 4.99 Å². The highest BCUT2D eigenvalue weighted by atomic mass is 15.2. The molecule has 2 aliphatic rings. The molecule has 0 spiro atoms. The molecule has 0 amide bonds. The zero-order valence-electron chi connectivity index (χ0n) is 16.4. The quantitative estimate of drug-likeness (QED) is 0.576. The van der Waals surface area contributed by atoms with Crippen LogP contribution in [0.5, 0.6) is 0 Å². The first-order valence-corrected chi connectivity index (χ1v) is 10.1. The Kier molecular flexibility index (Phi) is 8.33. The van der Waals surface area contributed by atoms with Crippen LogP contribution in [0.15, 0.2) is 4.99 Å². The fraction of sp³-hybridized carbons (Fsp3) is 0.947. The lowest BCUT2D eigenvalue weighted by Gasteiger charge is -2.36. The van der Waals surface area contributed by atoms with Gasteiger partial charge in [0, 0.05) is 45.3 Å². The summed E-state index contributed by atoms with van der Waals surface area (Å²) in [4.78, 5) is 9.63. The number of hydrogen-bond acceptors (Lipinski definition) is 3.